The average molecular weight is 252 g/mol. The molecular weight excluding hydrogens is 228 g/mol. The fraction of sp³-hybridized carbons (Fsp3) is 0.692. The zero-order valence-electron chi connectivity index (χ0n) is 12.2. The Labute approximate surface area is 109 Å². The highest BCUT2D eigenvalue weighted by atomic mass is 16.5. The maximum Gasteiger partial charge on any atom is 0.134 e. The minimum Gasteiger partial charge on any atom is -0.377 e. The van der Waals surface area contributed by atoms with Gasteiger partial charge in [0.25, 0.3) is 0 Å². The van der Waals surface area contributed by atoms with Crippen LogP contribution >= 0.6 is 0 Å². The zero-order chi connectivity index (χ0) is 13.8. The number of nitrogens with zero attached hydrogens (tertiary/aromatic N) is 2. The van der Waals surface area contributed by atoms with Crippen molar-refractivity contribution in [1.82, 2.24) is 9.97 Å². The number of hydrogen-bond acceptors (Lipinski definition) is 5. The quantitative estimate of drug-likeness (QED) is 0.813. The lowest BCUT2D eigenvalue weighted by Crippen LogP contribution is -2.32. The molecule has 0 bridgehead atoms. The van der Waals surface area contributed by atoms with Crippen LogP contribution < -0.4 is 10.6 Å². The lowest BCUT2D eigenvalue weighted by atomic mass is 10.1. The molecular formula is C13H24N4O. The highest BCUT2D eigenvalue weighted by molar-refractivity contribution is 5.57. The van der Waals surface area contributed by atoms with Crippen LogP contribution in [0.4, 0.5) is 11.6 Å². The van der Waals surface area contributed by atoms with Gasteiger partial charge in [0.1, 0.15) is 17.5 Å². The van der Waals surface area contributed by atoms with Gasteiger partial charge >= 0.3 is 0 Å². The third-order valence-electron chi connectivity index (χ3n) is 2.98. The molecule has 0 unspecified atom stereocenters. The predicted molar refractivity (Wildman–Crippen MR) is 75.3 cm³/mol. The van der Waals surface area contributed by atoms with E-state index in [1.54, 1.807) is 7.11 Å². The summed E-state index contributed by atoms with van der Waals surface area (Å²) in [5.41, 5.74) is 0.811. The minimum atomic E-state index is -0.219. The van der Waals surface area contributed by atoms with Crippen LogP contribution in [0.15, 0.2) is 0 Å². The Hall–Kier alpha value is -1.36. The Kier molecular flexibility index (Phi) is 4.90. The zero-order valence-corrected chi connectivity index (χ0v) is 12.2. The minimum absolute atomic E-state index is 0.219. The van der Waals surface area contributed by atoms with E-state index in [9.17, 15) is 0 Å². The van der Waals surface area contributed by atoms with Crippen molar-refractivity contribution < 1.29 is 4.74 Å². The number of anilines is 2. The molecule has 0 saturated heterocycles. The van der Waals surface area contributed by atoms with Crippen molar-refractivity contribution >= 4 is 11.6 Å². The van der Waals surface area contributed by atoms with Crippen LogP contribution in [0.25, 0.3) is 0 Å². The third-order valence-corrected chi connectivity index (χ3v) is 2.98. The molecule has 1 heterocycles. The van der Waals surface area contributed by atoms with Crippen LogP contribution in [0.5, 0.6) is 0 Å². The monoisotopic (exact) mass is 252 g/mol. The molecule has 0 aromatic carbocycles. The van der Waals surface area contributed by atoms with E-state index in [1.165, 1.54) is 0 Å². The second-order valence-electron chi connectivity index (χ2n) is 4.88. The lowest BCUT2D eigenvalue weighted by Gasteiger charge is -2.24. The van der Waals surface area contributed by atoms with Gasteiger partial charge in [-0.25, -0.2) is 9.97 Å². The molecule has 0 aliphatic heterocycles. The Morgan fingerprint density at radius 2 is 1.83 bits per heavy atom. The molecule has 0 spiro atoms. The Bertz CT molecular complexity index is 404. The van der Waals surface area contributed by atoms with E-state index in [1.807, 2.05) is 34.7 Å². The van der Waals surface area contributed by atoms with E-state index in [4.69, 9.17) is 4.74 Å². The molecule has 0 atom stereocenters. The topological polar surface area (TPSA) is 59.1 Å². The Morgan fingerprint density at radius 1 is 1.22 bits per heavy atom. The van der Waals surface area contributed by atoms with Crippen LogP contribution in [0.2, 0.25) is 0 Å². The number of hydrogen-bond donors (Lipinski definition) is 2. The molecule has 1 aromatic rings. The number of nitrogens with one attached hydrogen (secondary N) is 2. The van der Waals surface area contributed by atoms with Gasteiger partial charge in [-0.05, 0) is 20.8 Å². The molecule has 1 aromatic heterocycles. The number of methoxy groups -OCH3 is 1. The molecule has 1 rings (SSSR count). The normalized spacial score (nSPS) is 11.4. The Morgan fingerprint density at radius 3 is 2.33 bits per heavy atom. The summed E-state index contributed by atoms with van der Waals surface area (Å²) in [4.78, 5) is 8.96. The summed E-state index contributed by atoms with van der Waals surface area (Å²) in [5.74, 6) is 2.58. The molecule has 0 fully saturated rings. The second-order valence-corrected chi connectivity index (χ2v) is 4.88. The van der Waals surface area contributed by atoms with Crippen LogP contribution in [0.1, 0.15) is 32.2 Å². The van der Waals surface area contributed by atoms with E-state index in [0.717, 1.165) is 29.4 Å². The van der Waals surface area contributed by atoms with E-state index < -0.39 is 0 Å². The number of aryl methyl sites for hydroxylation is 1. The van der Waals surface area contributed by atoms with Gasteiger partial charge in [0.15, 0.2) is 0 Å². The van der Waals surface area contributed by atoms with Gasteiger partial charge in [-0.15, -0.1) is 0 Å². The Balaban J connectivity index is 2.94. The first kappa shape index (κ1) is 14.7. The van der Waals surface area contributed by atoms with Gasteiger partial charge in [0, 0.05) is 32.7 Å². The standard InChI is InChI=1S/C13H24N4O/c1-7-10-16-11(14-5)9(2)12(17-10)15-8-13(3,4)18-6/h7-8H2,1-6H3,(H2,14,15,16,17). The molecule has 0 aliphatic carbocycles. The van der Waals surface area contributed by atoms with Gasteiger partial charge in [-0.3, -0.25) is 0 Å². The summed E-state index contributed by atoms with van der Waals surface area (Å²) in [7, 11) is 3.59. The van der Waals surface area contributed by atoms with Crippen LogP contribution in [0.3, 0.4) is 0 Å². The predicted octanol–water partition coefficient (Wildman–Crippen LogP) is 2.23. The molecule has 0 aliphatic rings. The van der Waals surface area contributed by atoms with Crippen LogP contribution in [-0.4, -0.2) is 36.3 Å². The summed E-state index contributed by atoms with van der Waals surface area (Å²) >= 11 is 0. The first-order chi connectivity index (χ1) is 8.43. The third kappa shape index (κ3) is 3.57. The fourth-order valence-electron chi connectivity index (χ4n) is 1.51. The number of rotatable bonds is 6. The molecule has 5 heteroatoms. The molecule has 0 amide bonds. The SMILES string of the molecule is CCc1nc(NC)c(C)c(NCC(C)(C)OC)n1. The summed E-state index contributed by atoms with van der Waals surface area (Å²) in [6.07, 6.45) is 0.817. The first-order valence-electron chi connectivity index (χ1n) is 6.27. The summed E-state index contributed by atoms with van der Waals surface area (Å²) in [6.45, 7) is 8.83. The van der Waals surface area contributed by atoms with Gasteiger partial charge in [-0.2, -0.15) is 0 Å². The molecule has 2 N–H and O–H groups in total. The highest BCUT2D eigenvalue weighted by Gasteiger charge is 2.17. The lowest BCUT2D eigenvalue weighted by molar-refractivity contribution is 0.0343. The van der Waals surface area contributed by atoms with Gasteiger partial charge in [-0.1, -0.05) is 6.92 Å². The van der Waals surface area contributed by atoms with Crippen LogP contribution in [0, 0.1) is 6.92 Å². The molecule has 0 radical (unpaired) electrons. The maximum atomic E-state index is 5.39. The van der Waals surface area contributed by atoms with Crippen molar-refractivity contribution in [3.05, 3.63) is 11.4 Å². The number of aromatic nitrogens is 2. The molecule has 5 nitrogen and oxygen atoms in total. The van der Waals surface area contributed by atoms with Crippen molar-refractivity contribution in [3.8, 4) is 0 Å². The van der Waals surface area contributed by atoms with E-state index >= 15 is 0 Å². The van der Waals surface area contributed by atoms with Gasteiger partial charge < -0.3 is 15.4 Å². The van der Waals surface area contributed by atoms with Crippen molar-refractivity contribution in [2.75, 3.05) is 31.3 Å². The van der Waals surface area contributed by atoms with Crippen LogP contribution in [-0.2, 0) is 11.2 Å². The fourth-order valence-corrected chi connectivity index (χ4v) is 1.51. The largest absolute Gasteiger partial charge is 0.377 e. The average Bonchev–Trinajstić information content (AvgIpc) is 2.37. The van der Waals surface area contributed by atoms with Crippen molar-refractivity contribution in [1.29, 1.82) is 0 Å². The molecule has 0 saturated carbocycles. The van der Waals surface area contributed by atoms with Crippen molar-refractivity contribution in [3.63, 3.8) is 0 Å². The highest BCUT2D eigenvalue weighted by Crippen LogP contribution is 2.20. The molecule has 102 valence electrons. The van der Waals surface area contributed by atoms with Crippen molar-refractivity contribution in [2.24, 2.45) is 0 Å². The first-order valence-corrected chi connectivity index (χ1v) is 6.27. The van der Waals surface area contributed by atoms with E-state index in [0.29, 0.717) is 6.54 Å². The van der Waals surface area contributed by atoms with E-state index in [2.05, 4.69) is 20.6 Å². The second kappa shape index (κ2) is 6.00. The number of ether oxygens (including phenoxy) is 1. The summed E-state index contributed by atoms with van der Waals surface area (Å²) < 4.78 is 5.39. The van der Waals surface area contributed by atoms with Gasteiger partial charge in [0.05, 0.1) is 5.60 Å². The van der Waals surface area contributed by atoms with Gasteiger partial charge in [0.2, 0.25) is 0 Å². The smallest absolute Gasteiger partial charge is 0.134 e. The van der Waals surface area contributed by atoms with E-state index in [-0.39, 0.29) is 5.60 Å². The maximum absolute atomic E-state index is 5.39. The molecule has 18 heavy (non-hydrogen) atoms. The van der Waals surface area contributed by atoms with Crippen molar-refractivity contribution in [2.45, 2.75) is 39.7 Å². The summed E-state index contributed by atoms with van der Waals surface area (Å²) in [5, 5.41) is 6.44. The summed E-state index contributed by atoms with van der Waals surface area (Å²) in [6, 6.07) is 0.